The van der Waals surface area contributed by atoms with E-state index in [1.165, 1.54) is 43.3 Å². The van der Waals surface area contributed by atoms with Crippen LogP contribution in [0.25, 0.3) is 11.0 Å². The Morgan fingerprint density at radius 3 is 2.59 bits per heavy atom. The average Bonchev–Trinajstić information content (AvgIpc) is 2.93. The number of benzene rings is 2. The van der Waals surface area contributed by atoms with Crippen molar-refractivity contribution in [2.75, 3.05) is 0 Å². The van der Waals surface area contributed by atoms with E-state index in [0.29, 0.717) is 0 Å². The van der Waals surface area contributed by atoms with Gasteiger partial charge in [-0.25, -0.2) is 9.78 Å². The number of para-hydroxylation sites is 2. The van der Waals surface area contributed by atoms with E-state index in [0.717, 1.165) is 10.6 Å². The molecule has 0 aliphatic rings. The van der Waals surface area contributed by atoms with Gasteiger partial charge in [-0.15, -0.1) is 0 Å². The van der Waals surface area contributed by atoms with Crippen molar-refractivity contribution in [3.8, 4) is 5.75 Å². The molecule has 0 unspecified atom stereocenters. The Bertz CT molecular complexity index is 1040. The fourth-order valence-corrected chi connectivity index (χ4v) is 2.64. The third-order valence-corrected chi connectivity index (χ3v) is 3.79. The summed E-state index contributed by atoms with van der Waals surface area (Å²) in [6, 6.07) is 9.54. The van der Waals surface area contributed by atoms with E-state index in [2.05, 4.69) is 4.98 Å². The Labute approximate surface area is 150 Å². The minimum atomic E-state index is -4.75. The van der Waals surface area contributed by atoms with Gasteiger partial charge in [-0.05, 0) is 31.2 Å². The van der Waals surface area contributed by atoms with Gasteiger partial charge >= 0.3 is 12.1 Å². The summed E-state index contributed by atoms with van der Waals surface area (Å²) in [7, 11) is 0. The summed E-state index contributed by atoms with van der Waals surface area (Å²) in [5.74, 6) is -2.17. The lowest BCUT2D eigenvalue weighted by Crippen LogP contribution is -2.22. The summed E-state index contributed by atoms with van der Waals surface area (Å²) < 4.78 is 45.5. The summed E-state index contributed by atoms with van der Waals surface area (Å²) >= 11 is 0. The van der Waals surface area contributed by atoms with Gasteiger partial charge in [0.2, 0.25) is 5.82 Å². The van der Waals surface area contributed by atoms with Gasteiger partial charge in [0.05, 0.1) is 16.0 Å². The number of esters is 1. The number of aromatic nitrogens is 2. The van der Waals surface area contributed by atoms with Gasteiger partial charge in [0.1, 0.15) is 12.3 Å². The molecule has 0 saturated heterocycles. The standard InChI is InChI=1S/C17H12F3N3O4/c1-10-8-11(6-7-13(10)23(25)26)27-15(24)9-22-14-5-3-2-4-12(14)21-16(22)17(18,19)20/h2-8H,9H2,1H3. The number of hydrogen-bond donors (Lipinski definition) is 0. The highest BCUT2D eigenvalue weighted by Gasteiger charge is 2.38. The van der Waals surface area contributed by atoms with Crippen molar-refractivity contribution in [2.45, 2.75) is 19.6 Å². The number of alkyl halides is 3. The van der Waals surface area contributed by atoms with Crippen molar-refractivity contribution >= 4 is 22.7 Å². The van der Waals surface area contributed by atoms with E-state index < -0.39 is 29.4 Å². The van der Waals surface area contributed by atoms with Crippen LogP contribution < -0.4 is 4.74 Å². The highest BCUT2D eigenvalue weighted by molar-refractivity contribution is 5.79. The first-order valence-corrected chi connectivity index (χ1v) is 7.65. The van der Waals surface area contributed by atoms with Crippen LogP contribution in [0.3, 0.4) is 0 Å². The van der Waals surface area contributed by atoms with Crippen molar-refractivity contribution < 1.29 is 27.6 Å². The molecule has 0 amide bonds. The van der Waals surface area contributed by atoms with Crippen molar-refractivity contribution in [2.24, 2.45) is 0 Å². The average molecular weight is 379 g/mol. The van der Waals surface area contributed by atoms with Crippen LogP contribution in [0.4, 0.5) is 18.9 Å². The van der Waals surface area contributed by atoms with Crippen LogP contribution in [0.2, 0.25) is 0 Å². The van der Waals surface area contributed by atoms with Crippen LogP contribution in [-0.2, 0) is 17.5 Å². The zero-order valence-electron chi connectivity index (χ0n) is 13.9. The van der Waals surface area contributed by atoms with E-state index in [4.69, 9.17) is 4.74 Å². The highest BCUT2D eigenvalue weighted by Crippen LogP contribution is 2.31. The summed E-state index contributed by atoms with van der Waals surface area (Å²) in [5, 5.41) is 10.8. The molecule has 0 atom stereocenters. The molecule has 0 saturated carbocycles. The van der Waals surface area contributed by atoms with Crippen LogP contribution in [0.5, 0.6) is 5.75 Å². The molecule has 3 rings (SSSR count). The summed E-state index contributed by atoms with van der Waals surface area (Å²) in [6.07, 6.45) is -4.75. The molecule has 2 aromatic carbocycles. The summed E-state index contributed by atoms with van der Waals surface area (Å²) in [6.45, 7) is 0.742. The molecule has 0 bridgehead atoms. The molecule has 1 aromatic heterocycles. The van der Waals surface area contributed by atoms with Crippen LogP contribution in [0.1, 0.15) is 11.4 Å². The van der Waals surface area contributed by atoms with E-state index in [1.54, 1.807) is 0 Å². The number of ether oxygens (including phenoxy) is 1. The predicted octanol–water partition coefficient (Wildman–Crippen LogP) is 3.88. The largest absolute Gasteiger partial charge is 0.449 e. The second-order valence-electron chi connectivity index (χ2n) is 5.69. The molecule has 0 radical (unpaired) electrons. The van der Waals surface area contributed by atoms with Crippen LogP contribution >= 0.6 is 0 Å². The first kappa shape index (κ1) is 18.4. The molecule has 0 aliphatic heterocycles. The number of nitro groups is 1. The predicted molar refractivity (Wildman–Crippen MR) is 88.2 cm³/mol. The third kappa shape index (κ3) is 3.73. The highest BCUT2D eigenvalue weighted by atomic mass is 19.4. The van der Waals surface area contributed by atoms with Gasteiger partial charge in [0.15, 0.2) is 0 Å². The van der Waals surface area contributed by atoms with Gasteiger partial charge in [0, 0.05) is 11.6 Å². The molecule has 0 fully saturated rings. The van der Waals surface area contributed by atoms with E-state index in [9.17, 15) is 28.1 Å². The zero-order chi connectivity index (χ0) is 19.8. The second kappa shape index (κ2) is 6.71. The van der Waals surface area contributed by atoms with Crippen molar-refractivity contribution in [3.63, 3.8) is 0 Å². The number of halogens is 3. The summed E-state index contributed by atoms with van der Waals surface area (Å²) in [4.78, 5) is 25.9. The fraction of sp³-hybridized carbons (Fsp3) is 0.176. The molecule has 0 spiro atoms. The van der Waals surface area contributed by atoms with Gasteiger partial charge < -0.3 is 9.30 Å². The molecule has 0 aliphatic carbocycles. The summed E-state index contributed by atoms with van der Waals surface area (Å²) in [5.41, 5.74) is 0.342. The lowest BCUT2D eigenvalue weighted by atomic mass is 10.2. The number of aryl methyl sites for hydroxylation is 1. The number of nitro benzene ring substituents is 1. The normalized spacial score (nSPS) is 11.6. The number of hydrogen-bond acceptors (Lipinski definition) is 5. The first-order valence-electron chi connectivity index (χ1n) is 7.65. The Morgan fingerprint density at radius 1 is 1.26 bits per heavy atom. The molecule has 0 N–H and O–H groups in total. The first-order chi connectivity index (χ1) is 12.7. The van der Waals surface area contributed by atoms with Crippen molar-refractivity contribution in [3.05, 3.63) is 64.0 Å². The van der Waals surface area contributed by atoms with Gasteiger partial charge in [-0.1, -0.05) is 12.1 Å². The number of carbonyl (C=O) groups is 1. The molecule has 140 valence electrons. The van der Waals surface area contributed by atoms with Crippen LogP contribution in [0, 0.1) is 17.0 Å². The van der Waals surface area contributed by atoms with Crippen LogP contribution in [0.15, 0.2) is 42.5 Å². The quantitative estimate of drug-likeness (QED) is 0.297. The minimum absolute atomic E-state index is 0.001000. The minimum Gasteiger partial charge on any atom is -0.425 e. The van der Waals surface area contributed by atoms with Gasteiger partial charge in [0.25, 0.3) is 5.69 Å². The zero-order valence-corrected chi connectivity index (χ0v) is 13.9. The Balaban J connectivity index is 1.88. The van der Waals surface area contributed by atoms with Crippen molar-refractivity contribution in [1.29, 1.82) is 0 Å². The lowest BCUT2D eigenvalue weighted by molar-refractivity contribution is -0.385. The number of imidazole rings is 1. The molecule has 7 nitrogen and oxygen atoms in total. The topological polar surface area (TPSA) is 87.3 Å². The SMILES string of the molecule is Cc1cc(OC(=O)Cn2c(C(F)(F)F)nc3ccccc32)ccc1[N+](=O)[O-]. The third-order valence-electron chi connectivity index (χ3n) is 3.79. The van der Waals surface area contributed by atoms with E-state index in [-0.39, 0.29) is 28.0 Å². The Hall–Kier alpha value is -3.43. The Kier molecular flexibility index (Phi) is 4.56. The monoisotopic (exact) mass is 379 g/mol. The Morgan fingerprint density at radius 2 is 1.96 bits per heavy atom. The molecule has 10 heteroatoms. The molecule has 1 heterocycles. The van der Waals surface area contributed by atoms with Crippen LogP contribution in [-0.4, -0.2) is 20.4 Å². The van der Waals surface area contributed by atoms with Crippen molar-refractivity contribution in [1.82, 2.24) is 9.55 Å². The fourth-order valence-electron chi connectivity index (χ4n) is 2.64. The molecular formula is C17H12F3N3O4. The lowest BCUT2D eigenvalue weighted by Gasteiger charge is -2.11. The maximum absolute atomic E-state index is 13.2. The van der Waals surface area contributed by atoms with Gasteiger partial charge in [-0.2, -0.15) is 13.2 Å². The van der Waals surface area contributed by atoms with Gasteiger partial charge in [-0.3, -0.25) is 10.1 Å². The maximum Gasteiger partial charge on any atom is 0.449 e. The molecule has 27 heavy (non-hydrogen) atoms. The smallest absolute Gasteiger partial charge is 0.425 e. The van der Waals surface area contributed by atoms with E-state index >= 15 is 0 Å². The number of nitrogens with zero attached hydrogens (tertiary/aromatic N) is 3. The molecular weight excluding hydrogens is 367 g/mol. The number of rotatable bonds is 4. The number of fused-ring (bicyclic) bond motifs is 1. The second-order valence-corrected chi connectivity index (χ2v) is 5.69. The van der Waals surface area contributed by atoms with E-state index in [1.807, 2.05) is 0 Å². The number of carbonyl (C=O) groups excluding carboxylic acids is 1. The molecule has 3 aromatic rings. The maximum atomic E-state index is 13.2.